The first-order valence-electron chi connectivity index (χ1n) is 7.34. The molecule has 17 heavy (non-hydrogen) atoms. The minimum atomic E-state index is 0.820. The second-order valence-electron chi connectivity index (χ2n) is 6.11. The van der Waals surface area contributed by atoms with E-state index in [1.165, 1.54) is 64.8 Å². The zero-order chi connectivity index (χ0) is 12.1. The molecule has 1 unspecified atom stereocenters. The maximum Gasteiger partial charge on any atom is 0.0104 e. The molecule has 3 heteroatoms. The highest BCUT2D eigenvalue weighted by Gasteiger charge is 2.20. The molecule has 3 nitrogen and oxygen atoms in total. The van der Waals surface area contributed by atoms with E-state index >= 15 is 0 Å². The lowest BCUT2D eigenvalue weighted by molar-refractivity contribution is 0.269. The second kappa shape index (κ2) is 6.72. The molecule has 1 saturated heterocycles. The Hall–Kier alpha value is -0.120. The summed E-state index contributed by atoms with van der Waals surface area (Å²) in [7, 11) is 4.51. The van der Waals surface area contributed by atoms with E-state index in [0.29, 0.717) is 0 Å². The summed E-state index contributed by atoms with van der Waals surface area (Å²) in [5, 5.41) is 3.69. The molecule has 2 rings (SSSR count). The molecule has 2 aliphatic rings. The lowest BCUT2D eigenvalue weighted by atomic mass is 10.1. The van der Waals surface area contributed by atoms with E-state index in [0.717, 1.165) is 12.0 Å². The van der Waals surface area contributed by atoms with Gasteiger partial charge in [-0.2, -0.15) is 0 Å². The molecule has 2 fully saturated rings. The molecule has 1 saturated carbocycles. The molecule has 0 aromatic carbocycles. The van der Waals surface area contributed by atoms with Crippen molar-refractivity contribution in [2.24, 2.45) is 5.92 Å². The third-order valence-electron chi connectivity index (χ3n) is 4.34. The summed E-state index contributed by atoms with van der Waals surface area (Å²) in [5.41, 5.74) is 0. The van der Waals surface area contributed by atoms with Crippen LogP contribution < -0.4 is 5.32 Å². The molecule has 1 aliphatic heterocycles. The Bertz CT molecular complexity index is 214. The first kappa shape index (κ1) is 13.3. The molecule has 1 aliphatic carbocycles. The van der Waals surface area contributed by atoms with E-state index in [2.05, 4.69) is 29.2 Å². The predicted octanol–water partition coefficient (Wildman–Crippen LogP) is 1.40. The second-order valence-corrected chi connectivity index (χ2v) is 6.11. The largest absolute Gasteiger partial charge is 0.313 e. The smallest absolute Gasteiger partial charge is 0.0104 e. The van der Waals surface area contributed by atoms with Gasteiger partial charge in [0.2, 0.25) is 0 Å². The topological polar surface area (TPSA) is 18.5 Å². The molecule has 0 radical (unpaired) electrons. The van der Waals surface area contributed by atoms with Crippen LogP contribution >= 0.6 is 0 Å². The quantitative estimate of drug-likeness (QED) is 0.756. The Morgan fingerprint density at radius 3 is 2.65 bits per heavy atom. The van der Waals surface area contributed by atoms with Gasteiger partial charge in [-0.15, -0.1) is 0 Å². The Balaban J connectivity index is 1.52. The van der Waals surface area contributed by atoms with Crippen molar-refractivity contribution in [1.82, 2.24) is 15.1 Å². The lowest BCUT2D eigenvalue weighted by Gasteiger charge is -2.22. The number of rotatable bonds is 6. The van der Waals surface area contributed by atoms with Crippen LogP contribution in [0.5, 0.6) is 0 Å². The third kappa shape index (κ3) is 4.57. The maximum atomic E-state index is 3.69. The summed E-state index contributed by atoms with van der Waals surface area (Å²) < 4.78 is 0. The average molecular weight is 239 g/mol. The van der Waals surface area contributed by atoms with Gasteiger partial charge in [-0.3, -0.25) is 0 Å². The summed E-state index contributed by atoms with van der Waals surface area (Å²) in [6.07, 6.45) is 7.05. The number of likely N-dealkylation sites (tertiary alicyclic amines) is 1. The average Bonchev–Trinajstić information content (AvgIpc) is 2.90. The fourth-order valence-electron chi connectivity index (χ4n) is 3.30. The fraction of sp³-hybridized carbons (Fsp3) is 1.00. The van der Waals surface area contributed by atoms with E-state index in [1.807, 2.05) is 0 Å². The number of nitrogens with one attached hydrogen (secondary N) is 1. The fourth-order valence-corrected chi connectivity index (χ4v) is 3.30. The van der Waals surface area contributed by atoms with Crippen molar-refractivity contribution >= 4 is 0 Å². The van der Waals surface area contributed by atoms with Crippen LogP contribution in [0.4, 0.5) is 0 Å². The van der Waals surface area contributed by atoms with E-state index in [-0.39, 0.29) is 0 Å². The molecular weight excluding hydrogens is 210 g/mol. The van der Waals surface area contributed by atoms with Crippen LogP contribution in [0.2, 0.25) is 0 Å². The van der Waals surface area contributed by atoms with Crippen LogP contribution in [-0.2, 0) is 0 Å². The molecule has 1 atom stereocenters. The number of hydrogen-bond acceptors (Lipinski definition) is 3. The maximum absolute atomic E-state index is 3.69. The van der Waals surface area contributed by atoms with Crippen LogP contribution in [-0.4, -0.2) is 62.7 Å². The van der Waals surface area contributed by atoms with Crippen molar-refractivity contribution in [3.63, 3.8) is 0 Å². The van der Waals surface area contributed by atoms with Gasteiger partial charge >= 0.3 is 0 Å². The zero-order valence-corrected chi connectivity index (χ0v) is 11.6. The monoisotopic (exact) mass is 239 g/mol. The van der Waals surface area contributed by atoms with E-state index in [4.69, 9.17) is 0 Å². The van der Waals surface area contributed by atoms with Gasteiger partial charge in [0, 0.05) is 32.2 Å². The molecule has 0 aromatic heterocycles. The normalized spacial score (nSPS) is 27.4. The summed E-state index contributed by atoms with van der Waals surface area (Å²) in [5.74, 6) is 0.900. The van der Waals surface area contributed by atoms with Crippen molar-refractivity contribution < 1.29 is 0 Å². The van der Waals surface area contributed by atoms with Gasteiger partial charge in [0.15, 0.2) is 0 Å². The predicted molar refractivity (Wildman–Crippen MR) is 73.4 cm³/mol. The van der Waals surface area contributed by atoms with Crippen LogP contribution in [0.1, 0.15) is 32.1 Å². The Morgan fingerprint density at radius 2 is 2.00 bits per heavy atom. The van der Waals surface area contributed by atoms with Crippen LogP contribution in [0.15, 0.2) is 0 Å². The molecular formula is C14H29N3. The number of likely N-dealkylation sites (N-methyl/N-ethyl adjacent to an activating group) is 1. The Kier molecular flexibility index (Phi) is 5.26. The van der Waals surface area contributed by atoms with Crippen LogP contribution in [0.3, 0.4) is 0 Å². The zero-order valence-electron chi connectivity index (χ0n) is 11.6. The number of hydrogen-bond donors (Lipinski definition) is 1. The van der Waals surface area contributed by atoms with Crippen molar-refractivity contribution in [3.05, 3.63) is 0 Å². The highest BCUT2D eigenvalue weighted by atomic mass is 15.2. The number of nitrogens with zero attached hydrogens (tertiary/aromatic N) is 2. The van der Waals surface area contributed by atoms with Crippen LogP contribution in [0, 0.1) is 5.92 Å². The van der Waals surface area contributed by atoms with E-state index in [1.54, 1.807) is 0 Å². The minimum Gasteiger partial charge on any atom is -0.313 e. The lowest BCUT2D eigenvalue weighted by Crippen LogP contribution is -2.36. The highest BCUT2D eigenvalue weighted by molar-refractivity contribution is 4.77. The molecule has 0 aromatic rings. The van der Waals surface area contributed by atoms with Crippen molar-refractivity contribution in [2.45, 2.75) is 38.1 Å². The van der Waals surface area contributed by atoms with E-state index < -0.39 is 0 Å². The molecule has 0 bridgehead atoms. The standard InChI is InChI=1S/C14H29N3/c1-16-9-7-13(11-16)12-17(2)10-8-15-14-5-3-4-6-14/h13-15H,3-12H2,1-2H3. The minimum absolute atomic E-state index is 0.820. The summed E-state index contributed by atoms with van der Waals surface area (Å²) in [6, 6.07) is 0.820. The van der Waals surface area contributed by atoms with E-state index in [9.17, 15) is 0 Å². The SMILES string of the molecule is CN(CCNC1CCCC1)CC1CCN(C)C1. The summed E-state index contributed by atoms with van der Waals surface area (Å²) in [6.45, 7) is 6.23. The van der Waals surface area contributed by atoms with Gasteiger partial charge in [0.05, 0.1) is 0 Å². The summed E-state index contributed by atoms with van der Waals surface area (Å²) in [4.78, 5) is 4.96. The molecule has 0 amide bonds. The molecule has 1 heterocycles. The Labute approximate surface area is 107 Å². The Morgan fingerprint density at radius 1 is 1.24 bits per heavy atom. The molecule has 100 valence electrons. The van der Waals surface area contributed by atoms with Gasteiger partial charge in [-0.25, -0.2) is 0 Å². The van der Waals surface area contributed by atoms with Gasteiger partial charge in [-0.1, -0.05) is 12.8 Å². The van der Waals surface area contributed by atoms with Gasteiger partial charge in [0.25, 0.3) is 0 Å². The highest BCUT2D eigenvalue weighted by Crippen LogP contribution is 2.17. The van der Waals surface area contributed by atoms with Gasteiger partial charge in [0.1, 0.15) is 0 Å². The first-order chi connectivity index (χ1) is 8.24. The molecule has 0 spiro atoms. The first-order valence-corrected chi connectivity index (χ1v) is 7.34. The molecule has 1 N–H and O–H groups in total. The van der Waals surface area contributed by atoms with Gasteiger partial charge in [-0.05, 0) is 45.8 Å². The van der Waals surface area contributed by atoms with Crippen LogP contribution in [0.25, 0.3) is 0 Å². The van der Waals surface area contributed by atoms with Crippen molar-refractivity contribution in [3.8, 4) is 0 Å². The van der Waals surface area contributed by atoms with Gasteiger partial charge < -0.3 is 15.1 Å². The summed E-state index contributed by atoms with van der Waals surface area (Å²) >= 11 is 0. The third-order valence-corrected chi connectivity index (χ3v) is 4.34. The van der Waals surface area contributed by atoms with Crippen molar-refractivity contribution in [2.75, 3.05) is 46.8 Å². The van der Waals surface area contributed by atoms with Crippen molar-refractivity contribution in [1.29, 1.82) is 0 Å².